The third-order valence-corrected chi connectivity index (χ3v) is 5.30. The van der Waals surface area contributed by atoms with Crippen molar-refractivity contribution in [1.82, 2.24) is 14.5 Å². The fourth-order valence-electron chi connectivity index (χ4n) is 2.83. The van der Waals surface area contributed by atoms with Gasteiger partial charge in [-0.05, 0) is 47.5 Å². The molecule has 4 rings (SSSR count). The van der Waals surface area contributed by atoms with E-state index in [1.54, 1.807) is 37.2 Å². The van der Waals surface area contributed by atoms with Gasteiger partial charge in [0.25, 0.3) is 0 Å². The van der Waals surface area contributed by atoms with E-state index in [0.29, 0.717) is 12.3 Å². The van der Waals surface area contributed by atoms with Gasteiger partial charge in [-0.25, -0.2) is 14.4 Å². The van der Waals surface area contributed by atoms with Crippen LogP contribution < -0.4 is 4.74 Å². The molecule has 0 saturated heterocycles. The van der Waals surface area contributed by atoms with E-state index in [2.05, 4.69) is 9.55 Å². The van der Waals surface area contributed by atoms with Gasteiger partial charge in [0.15, 0.2) is 10.8 Å². The summed E-state index contributed by atoms with van der Waals surface area (Å²) in [6, 6.07) is 18.4. The van der Waals surface area contributed by atoms with Crippen molar-refractivity contribution < 1.29 is 9.13 Å². The van der Waals surface area contributed by atoms with Crippen LogP contribution in [0.1, 0.15) is 11.1 Å². The van der Waals surface area contributed by atoms with E-state index >= 15 is 0 Å². The van der Waals surface area contributed by atoms with Gasteiger partial charge >= 0.3 is 0 Å². The molecule has 4 nitrogen and oxygen atoms in total. The van der Waals surface area contributed by atoms with Gasteiger partial charge in [0.05, 0.1) is 13.7 Å². The first-order valence-electron chi connectivity index (χ1n) is 8.54. The first-order valence-corrected chi connectivity index (χ1v) is 9.53. The van der Waals surface area contributed by atoms with Crippen molar-refractivity contribution in [1.29, 1.82) is 0 Å². The molecule has 0 atom stereocenters. The summed E-state index contributed by atoms with van der Waals surface area (Å²) in [7, 11) is 1.66. The lowest BCUT2D eigenvalue weighted by Crippen LogP contribution is -2.02. The van der Waals surface area contributed by atoms with Gasteiger partial charge < -0.3 is 4.74 Å². The topological polar surface area (TPSA) is 39.9 Å². The van der Waals surface area contributed by atoms with Gasteiger partial charge in [-0.2, -0.15) is 0 Å². The second-order valence-corrected chi connectivity index (χ2v) is 7.03. The molecule has 0 radical (unpaired) electrons. The maximum atomic E-state index is 13.1. The first-order chi connectivity index (χ1) is 13.2. The second-order valence-electron chi connectivity index (χ2n) is 6.09. The number of pyridine rings is 1. The lowest BCUT2D eigenvalue weighted by molar-refractivity contribution is 0.414. The minimum Gasteiger partial charge on any atom is -0.497 e. The monoisotopic (exact) mass is 379 g/mol. The molecule has 0 unspecified atom stereocenters. The molecule has 0 bridgehead atoms. The van der Waals surface area contributed by atoms with Crippen molar-refractivity contribution >= 4 is 22.9 Å². The van der Waals surface area contributed by atoms with Crippen LogP contribution in [0, 0.1) is 5.82 Å². The van der Waals surface area contributed by atoms with Crippen LogP contribution in [-0.4, -0.2) is 21.6 Å². The molecule has 0 fully saturated rings. The summed E-state index contributed by atoms with van der Waals surface area (Å²) in [6.07, 6.45) is 1.78. The molecule has 0 saturated carbocycles. The van der Waals surface area contributed by atoms with Crippen molar-refractivity contribution in [2.24, 2.45) is 0 Å². The maximum absolute atomic E-state index is 13.1. The van der Waals surface area contributed by atoms with Crippen molar-refractivity contribution in [2.75, 3.05) is 7.11 Å². The zero-order valence-electron chi connectivity index (χ0n) is 14.8. The van der Waals surface area contributed by atoms with E-state index in [1.807, 2.05) is 36.4 Å². The normalized spacial score (nSPS) is 11.0. The number of thioether (sulfide) groups is 1. The Morgan fingerprint density at radius 3 is 2.48 bits per heavy atom. The second kappa shape index (κ2) is 7.80. The summed E-state index contributed by atoms with van der Waals surface area (Å²) in [6.45, 7) is 0.670. The Bertz CT molecular complexity index is 1050. The highest BCUT2D eigenvalue weighted by molar-refractivity contribution is 7.98. The van der Waals surface area contributed by atoms with E-state index < -0.39 is 0 Å². The molecule has 0 aliphatic rings. The molecule has 4 aromatic rings. The predicted octanol–water partition coefficient (Wildman–Crippen LogP) is 4.92. The average Bonchev–Trinajstić information content (AvgIpc) is 3.06. The predicted molar refractivity (Wildman–Crippen MR) is 106 cm³/mol. The van der Waals surface area contributed by atoms with Gasteiger partial charge in [-0.3, -0.25) is 4.57 Å². The number of aromatic nitrogens is 3. The van der Waals surface area contributed by atoms with Crippen LogP contribution in [-0.2, 0) is 12.3 Å². The Labute approximate surface area is 161 Å². The largest absolute Gasteiger partial charge is 0.497 e. The maximum Gasteiger partial charge on any atom is 0.170 e. The highest BCUT2D eigenvalue weighted by atomic mass is 32.2. The molecule has 0 aliphatic heterocycles. The van der Waals surface area contributed by atoms with Crippen molar-refractivity contribution in [3.63, 3.8) is 0 Å². The summed E-state index contributed by atoms with van der Waals surface area (Å²) in [5, 5.41) is 0.892. The molecule has 2 aromatic heterocycles. The van der Waals surface area contributed by atoms with E-state index in [-0.39, 0.29) is 5.82 Å². The molecule has 0 N–H and O–H groups in total. The Kier molecular flexibility index (Phi) is 5.07. The number of ether oxygens (including phenoxy) is 1. The number of benzene rings is 2. The highest BCUT2D eigenvalue weighted by Gasteiger charge is 2.13. The van der Waals surface area contributed by atoms with Crippen LogP contribution in [0.2, 0.25) is 0 Å². The molecule has 2 heterocycles. The van der Waals surface area contributed by atoms with Gasteiger partial charge in [-0.1, -0.05) is 36.0 Å². The number of imidazole rings is 1. The molecule has 0 aliphatic carbocycles. The zero-order valence-corrected chi connectivity index (χ0v) is 15.6. The molecule has 6 heteroatoms. The van der Waals surface area contributed by atoms with E-state index in [1.165, 1.54) is 12.1 Å². The molecule has 2 aromatic carbocycles. The number of fused-ring (bicyclic) bond motifs is 1. The van der Waals surface area contributed by atoms with Crippen LogP contribution >= 0.6 is 11.8 Å². The molecule has 136 valence electrons. The first kappa shape index (κ1) is 17.5. The summed E-state index contributed by atoms with van der Waals surface area (Å²) in [5.41, 5.74) is 3.92. The summed E-state index contributed by atoms with van der Waals surface area (Å²) in [4.78, 5) is 9.25. The van der Waals surface area contributed by atoms with Gasteiger partial charge in [0.1, 0.15) is 17.1 Å². The smallest absolute Gasteiger partial charge is 0.170 e. The number of rotatable bonds is 6. The third kappa shape index (κ3) is 3.95. The SMILES string of the molecule is COc1ccc(Cn2c(SCc3ccc(F)cc3)nc3cccnc32)cc1. The number of halogens is 1. The van der Waals surface area contributed by atoms with Crippen LogP contribution in [0.3, 0.4) is 0 Å². The highest BCUT2D eigenvalue weighted by Crippen LogP contribution is 2.27. The van der Waals surface area contributed by atoms with Crippen LogP contribution in [0.15, 0.2) is 72.0 Å². The van der Waals surface area contributed by atoms with E-state index in [9.17, 15) is 4.39 Å². The van der Waals surface area contributed by atoms with E-state index in [4.69, 9.17) is 9.72 Å². The van der Waals surface area contributed by atoms with Crippen molar-refractivity contribution in [3.05, 3.63) is 83.8 Å². The number of hydrogen-bond donors (Lipinski definition) is 0. The minimum atomic E-state index is -0.223. The summed E-state index contributed by atoms with van der Waals surface area (Å²) >= 11 is 1.62. The average molecular weight is 379 g/mol. The lowest BCUT2D eigenvalue weighted by atomic mass is 10.2. The van der Waals surface area contributed by atoms with Gasteiger partial charge in [0.2, 0.25) is 0 Å². The Hall–Kier alpha value is -2.86. The summed E-state index contributed by atoms with van der Waals surface area (Å²) in [5.74, 6) is 1.32. The van der Waals surface area contributed by atoms with Gasteiger partial charge in [-0.15, -0.1) is 0 Å². The number of methoxy groups -OCH3 is 1. The Balaban J connectivity index is 1.62. The Morgan fingerprint density at radius 2 is 1.74 bits per heavy atom. The summed E-state index contributed by atoms with van der Waals surface area (Å²) < 4.78 is 20.5. The number of nitrogens with zero attached hydrogens (tertiary/aromatic N) is 3. The Morgan fingerprint density at radius 1 is 1.00 bits per heavy atom. The third-order valence-electron chi connectivity index (χ3n) is 4.25. The van der Waals surface area contributed by atoms with Crippen molar-refractivity contribution in [2.45, 2.75) is 17.5 Å². The zero-order chi connectivity index (χ0) is 18.6. The quantitative estimate of drug-likeness (QED) is 0.446. The standard InChI is InChI=1S/C21H18FN3OS/c1-26-18-10-6-15(7-11-18)13-25-20-19(3-2-12-23-20)24-21(25)27-14-16-4-8-17(22)9-5-16/h2-12H,13-14H2,1H3. The minimum absolute atomic E-state index is 0.223. The number of hydrogen-bond acceptors (Lipinski definition) is 4. The van der Waals surface area contributed by atoms with Crippen LogP contribution in [0.4, 0.5) is 4.39 Å². The van der Waals surface area contributed by atoms with Crippen LogP contribution in [0.25, 0.3) is 11.2 Å². The molecule has 27 heavy (non-hydrogen) atoms. The van der Waals surface area contributed by atoms with Gasteiger partial charge in [0, 0.05) is 11.9 Å². The molecular weight excluding hydrogens is 361 g/mol. The van der Waals surface area contributed by atoms with E-state index in [0.717, 1.165) is 33.2 Å². The fraction of sp³-hybridized carbons (Fsp3) is 0.143. The van der Waals surface area contributed by atoms with Crippen LogP contribution in [0.5, 0.6) is 5.75 Å². The lowest BCUT2D eigenvalue weighted by Gasteiger charge is -2.09. The van der Waals surface area contributed by atoms with Crippen molar-refractivity contribution in [3.8, 4) is 5.75 Å². The molecule has 0 amide bonds. The fourth-order valence-corrected chi connectivity index (χ4v) is 3.79. The molecule has 0 spiro atoms. The molecular formula is C21H18FN3OS.